The summed E-state index contributed by atoms with van der Waals surface area (Å²) in [5, 5.41) is 9.75. The zero-order valence-electron chi connectivity index (χ0n) is 9.00. The van der Waals surface area contributed by atoms with E-state index in [1.54, 1.807) is 0 Å². The number of rotatable bonds is 5. The van der Waals surface area contributed by atoms with Crippen LogP contribution in [0.3, 0.4) is 0 Å². The van der Waals surface area contributed by atoms with Crippen LogP contribution in [0.25, 0.3) is 0 Å². The molecule has 1 aliphatic carbocycles. The van der Waals surface area contributed by atoms with Crippen LogP contribution in [0, 0.1) is 0 Å². The van der Waals surface area contributed by atoms with Gasteiger partial charge in [-0.2, -0.15) is 0 Å². The smallest absolute Gasteiger partial charge is 0.0695 e. The molecule has 0 aromatic heterocycles. The zero-order chi connectivity index (χ0) is 9.68. The molecular weight excluding hydrogens is 162 g/mol. The van der Waals surface area contributed by atoms with E-state index in [9.17, 15) is 5.11 Å². The largest absolute Gasteiger partial charge is 0.391 e. The molecule has 2 atom stereocenters. The quantitative estimate of drug-likeness (QED) is 0.708. The number of nitrogens with zero attached hydrogens (tertiary/aromatic N) is 1. The lowest BCUT2D eigenvalue weighted by Gasteiger charge is -2.29. The van der Waals surface area contributed by atoms with Crippen LogP contribution in [-0.4, -0.2) is 35.2 Å². The Bertz CT molecular complexity index is 138. The Morgan fingerprint density at radius 1 is 1.31 bits per heavy atom. The average Bonchev–Trinajstić information content (AvgIpc) is 2.54. The lowest BCUT2D eigenvalue weighted by Crippen LogP contribution is -2.40. The maximum atomic E-state index is 9.75. The van der Waals surface area contributed by atoms with Gasteiger partial charge in [0.05, 0.1) is 6.10 Å². The number of aliphatic hydroxyl groups is 1. The van der Waals surface area contributed by atoms with Crippen molar-refractivity contribution in [3.8, 4) is 0 Å². The Labute approximate surface area is 81.9 Å². The Morgan fingerprint density at radius 3 is 2.54 bits per heavy atom. The Morgan fingerprint density at radius 2 is 2.08 bits per heavy atom. The molecule has 2 heteroatoms. The van der Waals surface area contributed by atoms with Crippen molar-refractivity contribution in [2.75, 3.05) is 13.1 Å². The van der Waals surface area contributed by atoms with Gasteiger partial charge in [-0.25, -0.2) is 0 Å². The van der Waals surface area contributed by atoms with Crippen LogP contribution in [0.5, 0.6) is 0 Å². The van der Waals surface area contributed by atoms with Crippen molar-refractivity contribution in [3.05, 3.63) is 0 Å². The summed E-state index contributed by atoms with van der Waals surface area (Å²) in [4.78, 5) is 2.45. The van der Waals surface area contributed by atoms with Gasteiger partial charge in [0.15, 0.2) is 0 Å². The van der Waals surface area contributed by atoms with Crippen LogP contribution in [0.4, 0.5) is 0 Å². The minimum atomic E-state index is -0.0585. The summed E-state index contributed by atoms with van der Waals surface area (Å²) in [6, 6.07) is 0.455. The first-order valence-corrected chi connectivity index (χ1v) is 5.71. The Kier molecular flexibility index (Phi) is 4.74. The summed E-state index contributed by atoms with van der Waals surface area (Å²) in [5.41, 5.74) is 0. The van der Waals surface area contributed by atoms with Crippen LogP contribution in [-0.2, 0) is 0 Å². The average molecular weight is 185 g/mol. The topological polar surface area (TPSA) is 23.5 Å². The highest BCUT2D eigenvalue weighted by atomic mass is 16.3. The molecule has 1 fully saturated rings. The van der Waals surface area contributed by atoms with Gasteiger partial charge in [0.25, 0.3) is 0 Å². The van der Waals surface area contributed by atoms with E-state index < -0.39 is 0 Å². The first kappa shape index (κ1) is 11.0. The van der Waals surface area contributed by atoms with E-state index in [0.717, 1.165) is 19.5 Å². The molecule has 78 valence electrons. The predicted molar refractivity (Wildman–Crippen MR) is 55.8 cm³/mol. The molecule has 1 N–H and O–H groups in total. The van der Waals surface area contributed by atoms with Crippen LogP contribution < -0.4 is 0 Å². The van der Waals surface area contributed by atoms with E-state index in [0.29, 0.717) is 6.04 Å². The molecular formula is C11H23NO. The molecule has 0 radical (unpaired) electrons. The Balaban J connectivity index is 2.35. The molecule has 0 aliphatic heterocycles. The van der Waals surface area contributed by atoms with E-state index >= 15 is 0 Å². The molecule has 0 aromatic carbocycles. The number of aliphatic hydroxyl groups excluding tert-OH is 1. The lowest BCUT2D eigenvalue weighted by atomic mass is 10.1. The van der Waals surface area contributed by atoms with Crippen LogP contribution >= 0.6 is 0 Å². The van der Waals surface area contributed by atoms with Crippen molar-refractivity contribution >= 4 is 0 Å². The van der Waals surface area contributed by atoms with Gasteiger partial charge in [-0.15, -0.1) is 0 Å². The normalized spacial score (nSPS) is 28.6. The molecule has 1 aliphatic rings. The second-order valence-electron chi connectivity index (χ2n) is 4.05. The third-order valence-corrected chi connectivity index (χ3v) is 3.12. The number of hydrogen-bond acceptors (Lipinski definition) is 2. The zero-order valence-corrected chi connectivity index (χ0v) is 9.00. The Hall–Kier alpha value is -0.0800. The predicted octanol–water partition coefficient (Wildman–Crippen LogP) is 2.02. The summed E-state index contributed by atoms with van der Waals surface area (Å²) >= 11 is 0. The van der Waals surface area contributed by atoms with Gasteiger partial charge in [-0.1, -0.05) is 20.3 Å². The maximum Gasteiger partial charge on any atom is 0.0695 e. The van der Waals surface area contributed by atoms with Gasteiger partial charge in [0.2, 0.25) is 0 Å². The molecule has 0 aromatic rings. The van der Waals surface area contributed by atoms with E-state index in [4.69, 9.17) is 0 Å². The van der Waals surface area contributed by atoms with Gasteiger partial charge in [-0.3, -0.25) is 4.90 Å². The highest BCUT2D eigenvalue weighted by molar-refractivity contribution is 4.84. The first-order chi connectivity index (χ1) is 6.29. The number of unbranched alkanes of at least 4 members (excludes halogenated alkanes) is 1. The van der Waals surface area contributed by atoms with Crippen molar-refractivity contribution in [1.29, 1.82) is 0 Å². The van der Waals surface area contributed by atoms with E-state index in [-0.39, 0.29) is 6.10 Å². The maximum absolute atomic E-state index is 9.75. The van der Waals surface area contributed by atoms with Crippen molar-refractivity contribution in [1.82, 2.24) is 4.90 Å². The fraction of sp³-hybridized carbons (Fsp3) is 1.00. The fourth-order valence-electron chi connectivity index (χ4n) is 2.27. The van der Waals surface area contributed by atoms with Gasteiger partial charge < -0.3 is 5.11 Å². The van der Waals surface area contributed by atoms with E-state index in [1.165, 1.54) is 25.7 Å². The van der Waals surface area contributed by atoms with Crippen molar-refractivity contribution in [2.45, 2.75) is 58.1 Å². The van der Waals surface area contributed by atoms with Crippen LogP contribution in [0.15, 0.2) is 0 Å². The molecule has 2 nitrogen and oxygen atoms in total. The van der Waals surface area contributed by atoms with Gasteiger partial charge in [0.1, 0.15) is 0 Å². The minimum Gasteiger partial charge on any atom is -0.391 e. The van der Waals surface area contributed by atoms with Gasteiger partial charge in [0, 0.05) is 6.04 Å². The highest BCUT2D eigenvalue weighted by Gasteiger charge is 2.29. The third kappa shape index (κ3) is 2.96. The van der Waals surface area contributed by atoms with Crippen molar-refractivity contribution < 1.29 is 5.11 Å². The van der Waals surface area contributed by atoms with Crippen molar-refractivity contribution in [2.24, 2.45) is 0 Å². The monoisotopic (exact) mass is 185 g/mol. The fourth-order valence-corrected chi connectivity index (χ4v) is 2.27. The molecule has 0 spiro atoms. The van der Waals surface area contributed by atoms with Gasteiger partial charge >= 0.3 is 0 Å². The SMILES string of the molecule is CCCCN(CC)[C@H]1CCC[C@@H]1O. The summed E-state index contributed by atoms with van der Waals surface area (Å²) < 4.78 is 0. The first-order valence-electron chi connectivity index (χ1n) is 5.71. The molecule has 0 bridgehead atoms. The molecule has 0 unspecified atom stereocenters. The van der Waals surface area contributed by atoms with E-state index in [1.807, 2.05) is 0 Å². The number of hydrogen-bond donors (Lipinski definition) is 1. The molecule has 13 heavy (non-hydrogen) atoms. The second-order valence-corrected chi connectivity index (χ2v) is 4.05. The van der Waals surface area contributed by atoms with Gasteiger partial charge in [-0.05, 0) is 38.8 Å². The standard InChI is InChI=1S/C11H23NO/c1-3-5-9-12(4-2)10-7-6-8-11(10)13/h10-11,13H,3-9H2,1-2H3/t10-,11-/m0/s1. The number of likely N-dealkylation sites (N-methyl/N-ethyl adjacent to an activating group) is 1. The summed E-state index contributed by atoms with van der Waals surface area (Å²) in [5.74, 6) is 0. The van der Waals surface area contributed by atoms with Crippen LogP contribution in [0.2, 0.25) is 0 Å². The minimum absolute atomic E-state index is 0.0585. The summed E-state index contributed by atoms with van der Waals surface area (Å²) in [7, 11) is 0. The van der Waals surface area contributed by atoms with E-state index in [2.05, 4.69) is 18.7 Å². The summed E-state index contributed by atoms with van der Waals surface area (Å²) in [6.07, 6.45) is 5.86. The molecule has 1 saturated carbocycles. The second kappa shape index (κ2) is 5.61. The molecule has 0 saturated heterocycles. The lowest BCUT2D eigenvalue weighted by molar-refractivity contribution is 0.0730. The van der Waals surface area contributed by atoms with Crippen molar-refractivity contribution in [3.63, 3.8) is 0 Å². The van der Waals surface area contributed by atoms with Crippen LogP contribution in [0.1, 0.15) is 46.0 Å². The molecule has 0 amide bonds. The molecule has 0 heterocycles. The molecule has 1 rings (SSSR count). The third-order valence-electron chi connectivity index (χ3n) is 3.12. The highest BCUT2D eigenvalue weighted by Crippen LogP contribution is 2.24. The summed E-state index contributed by atoms with van der Waals surface area (Å²) in [6.45, 7) is 6.66.